The molecule has 9 nitrogen and oxygen atoms in total. The van der Waals surface area contributed by atoms with E-state index < -0.39 is 16.8 Å². The molecule has 3 aromatic rings. The molecular weight excluding hydrogens is 442 g/mol. The third-order valence-corrected chi connectivity index (χ3v) is 7.48. The minimum atomic E-state index is -3.49. The first-order chi connectivity index (χ1) is 15.1. The van der Waals surface area contributed by atoms with Crippen molar-refractivity contribution in [2.24, 2.45) is 7.05 Å². The number of benzene rings is 1. The number of ether oxygens (including phenoxy) is 1. The fourth-order valence-electron chi connectivity index (χ4n) is 3.65. The Hall–Kier alpha value is -2.83. The number of nitrogens with zero attached hydrogens (tertiary/aromatic N) is 6. The van der Waals surface area contributed by atoms with Gasteiger partial charge in [-0.3, -0.25) is 0 Å². The van der Waals surface area contributed by atoms with Crippen LogP contribution >= 0.6 is 0 Å². The zero-order valence-electron chi connectivity index (χ0n) is 18.1. The van der Waals surface area contributed by atoms with Gasteiger partial charge in [-0.25, -0.2) is 9.97 Å². The van der Waals surface area contributed by atoms with Gasteiger partial charge in [-0.15, -0.1) is 0 Å². The number of hydrogen-bond acceptors (Lipinski definition) is 6. The highest BCUT2D eigenvalue weighted by atomic mass is 32.2. The number of aromatic nitrogens is 3. The van der Waals surface area contributed by atoms with Gasteiger partial charge < -0.3 is 14.2 Å². The van der Waals surface area contributed by atoms with Crippen LogP contribution in [0.1, 0.15) is 11.5 Å². The van der Waals surface area contributed by atoms with Crippen molar-refractivity contribution in [1.82, 2.24) is 23.1 Å². The Bertz CT molecular complexity index is 1240. The smallest absolute Gasteiger partial charge is 0.387 e. The van der Waals surface area contributed by atoms with Crippen LogP contribution in [0, 0.1) is 0 Å². The summed E-state index contributed by atoms with van der Waals surface area (Å²) in [6.07, 6.45) is 3.30. The van der Waals surface area contributed by atoms with Crippen molar-refractivity contribution in [1.29, 1.82) is 0 Å². The van der Waals surface area contributed by atoms with Gasteiger partial charge in [0, 0.05) is 53.3 Å². The summed E-state index contributed by atoms with van der Waals surface area (Å²) in [5.41, 5.74) is 2.73. The second-order valence-corrected chi connectivity index (χ2v) is 10.00. The second kappa shape index (κ2) is 8.26. The monoisotopic (exact) mass is 466 g/mol. The maximum absolute atomic E-state index is 13.2. The van der Waals surface area contributed by atoms with Gasteiger partial charge in [0.2, 0.25) is 0 Å². The lowest BCUT2D eigenvalue weighted by Gasteiger charge is -2.39. The van der Waals surface area contributed by atoms with Crippen molar-refractivity contribution in [2.45, 2.75) is 12.5 Å². The normalized spacial score (nSPS) is 15.5. The molecular formula is C20H24F2N6O3S. The topological polar surface area (TPSA) is 83.8 Å². The van der Waals surface area contributed by atoms with Crippen LogP contribution in [0.4, 0.5) is 20.3 Å². The third kappa shape index (κ3) is 4.00. The molecule has 2 aromatic heterocycles. The number of alkyl halides is 2. The molecule has 32 heavy (non-hydrogen) atoms. The standard InChI is InChI=1S/C20H24F2N6O3S/c1-25(2)32(29,30)28-10-14(11-28)13-5-6-16(18(7-13)31-20(21)22)27(4)19-8-17-15(9-23-19)24-12-26(17)3/h5-9,12,14,20H,10-11H2,1-4H3. The SMILES string of the molecule is CN(c1cc2c(cn1)ncn2C)c1ccc(C2CN(S(=O)(=O)N(C)C)C2)cc1OC(F)F. The molecule has 1 aliphatic heterocycles. The Morgan fingerprint density at radius 2 is 1.88 bits per heavy atom. The van der Waals surface area contributed by atoms with Crippen LogP contribution in [-0.2, 0) is 17.3 Å². The van der Waals surface area contributed by atoms with E-state index in [2.05, 4.69) is 9.97 Å². The highest BCUT2D eigenvalue weighted by molar-refractivity contribution is 7.86. The summed E-state index contributed by atoms with van der Waals surface area (Å²) in [5.74, 6) is 0.439. The Kier molecular flexibility index (Phi) is 5.77. The molecule has 0 bridgehead atoms. The van der Waals surface area contributed by atoms with Crippen LogP contribution in [0.2, 0.25) is 0 Å². The van der Waals surface area contributed by atoms with Gasteiger partial charge in [-0.2, -0.15) is 25.8 Å². The zero-order valence-corrected chi connectivity index (χ0v) is 18.9. The Morgan fingerprint density at radius 3 is 2.53 bits per heavy atom. The van der Waals surface area contributed by atoms with E-state index in [1.165, 1.54) is 18.4 Å². The summed E-state index contributed by atoms with van der Waals surface area (Å²) in [5, 5.41) is 0. The van der Waals surface area contributed by atoms with E-state index >= 15 is 0 Å². The van der Waals surface area contributed by atoms with Crippen LogP contribution in [-0.4, -0.2) is 72.4 Å². The minimum absolute atomic E-state index is 0.000759. The van der Waals surface area contributed by atoms with Crippen LogP contribution in [0.15, 0.2) is 36.8 Å². The van der Waals surface area contributed by atoms with Crippen molar-refractivity contribution in [3.8, 4) is 5.75 Å². The maximum Gasteiger partial charge on any atom is 0.387 e. The molecule has 1 saturated heterocycles. The molecule has 3 heterocycles. The van der Waals surface area contributed by atoms with E-state index in [4.69, 9.17) is 4.74 Å². The maximum atomic E-state index is 13.2. The Morgan fingerprint density at radius 1 is 1.16 bits per heavy atom. The Labute approximate surface area is 185 Å². The van der Waals surface area contributed by atoms with Crippen LogP contribution in [0.5, 0.6) is 5.75 Å². The molecule has 1 aromatic carbocycles. The van der Waals surface area contributed by atoms with E-state index in [1.807, 2.05) is 17.7 Å². The molecule has 0 radical (unpaired) electrons. The van der Waals surface area contributed by atoms with Crippen LogP contribution in [0.3, 0.4) is 0 Å². The highest BCUT2D eigenvalue weighted by Crippen LogP contribution is 2.38. The number of aryl methyl sites for hydroxylation is 1. The van der Waals surface area contributed by atoms with Crippen LogP contribution < -0.4 is 9.64 Å². The van der Waals surface area contributed by atoms with E-state index in [9.17, 15) is 17.2 Å². The van der Waals surface area contributed by atoms with Crippen molar-refractivity contribution in [3.63, 3.8) is 0 Å². The van der Waals surface area contributed by atoms with Crippen molar-refractivity contribution in [3.05, 3.63) is 42.4 Å². The Balaban J connectivity index is 1.62. The van der Waals surface area contributed by atoms with Gasteiger partial charge >= 0.3 is 6.61 Å². The average Bonchev–Trinajstić information content (AvgIpc) is 3.06. The van der Waals surface area contributed by atoms with Gasteiger partial charge in [0.25, 0.3) is 10.2 Å². The molecule has 1 fully saturated rings. The van der Waals surface area contributed by atoms with Crippen molar-refractivity contribution < 1.29 is 21.9 Å². The molecule has 0 amide bonds. The highest BCUT2D eigenvalue weighted by Gasteiger charge is 2.38. The largest absolute Gasteiger partial charge is 0.433 e. The number of rotatable bonds is 7. The minimum Gasteiger partial charge on any atom is -0.433 e. The second-order valence-electron chi connectivity index (χ2n) is 7.86. The summed E-state index contributed by atoms with van der Waals surface area (Å²) in [6, 6.07) is 6.85. The lowest BCUT2D eigenvalue weighted by molar-refractivity contribution is -0.0495. The molecule has 172 valence electrons. The molecule has 0 aliphatic carbocycles. The molecule has 0 unspecified atom stereocenters. The number of imidazole rings is 1. The predicted octanol–water partition coefficient (Wildman–Crippen LogP) is 2.54. The zero-order chi connectivity index (χ0) is 23.2. The summed E-state index contributed by atoms with van der Waals surface area (Å²) >= 11 is 0. The van der Waals surface area contributed by atoms with Gasteiger partial charge in [-0.1, -0.05) is 6.07 Å². The molecule has 0 N–H and O–H groups in total. The van der Waals surface area contributed by atoms with E-state index in [-0.39, 0.29) is 24.8 Å². The van der Waals surface area contributed by atoms with Gasteiger partial charge in [-0.05, 0) is 17.7 Å². The van der Waals surface area contributed by atoms with Gasteiger partial charge in [0.1, 0.15) is 17.1 Å². The van der Waals surface area contributed by atoms with Crippen molar-refractivity contribution >= 4 is 32.7 Å². The lowest BCUT2D eigenvalue weighted by Crippen LogP contribution is -2.52. The molecule has 4 rings (SSSR count). The van der Waals surface area contributed by atoms with Crippen molar-refractivity contribution in [2.75, 3.05) is 39.1 Å². The molecule has 0 atom stereocenters. The van der Waals surface area contributed by atoms with Gasteiger partial charge in [0.15, 0.2) is 0 Å². The molecule has 12 heteroatoms. The summed E-state index contributed by atoms with van der Waals surface area (Å²) in [4.78, 5) is 10.3. The molecule has 1 aliphatic rings. The lowest BCUT2D eigenvalue weighted by atomic mass is 9.93. The number of hydrogen-bond donors (Lipinski definition) is 0. The van der Waals surface area contributed by atoms with E-state index in [0.29, 0.717) is 11.5 Å². The average molecular weight is 467 g/mol. The number of pyridine rings is 1. The summed E-state index contributed by atoms with van der Waals surface area (Å²) in [6.45, 7) is -2.44. The van der Waals surface area contributed by atoms with E-state index in [1.54, 1.807) is 42.7 Å². The number of halogens is 2. The number of fused-ring (bicyclic) bond motifs is 1. The first-order valence-electron chi connectivity index (χ1n) is 9.85. The molecule has 0 spiro atoms. The first-order valence-corrected chi connectivity index (χ1v) is 11.2. The predicted molar refractivity (Wildman–Crippen MR) is 117 cm³/mol. The van der Waals surface area contributed by atoms with E-state index in [0.717, 1.165) is 20.9 Å². The summed E-state index contributed by atoms with van der Waals surface area (Å²) in [7, 11) is 3.02. The van der Waals surface area contributed by atoms with Crippen LogP contribution in [0.25, 0.3) is 11.0 Å². The fraction of sp³-hybridized carbons (Fsp3) is 0.400. The quantitative estimate of drug-likeness (QED) is 0.532. The first kappa shape index (κ1) is 22.4. The van der Waals surface area contributed by atoms with Gasteiger partial charge in [0.05, 0.1) is 23.7 Å². The number of anilines is 2. The molecule has 0 saturated carbocycles. The fourth-order valence-corrected chi connectivity index (χ4v) is 4.85. The third-order valence-electron chi connectivity index (χ3n) is 5.61. The summed E-state index contributed by atoms with van der Waals surface area (Å²) < 4.78 is 59.9.